The summed E-state index contributed by atoms with van der Waals surface area (Å²) >= 11 is 6.18. The molecule has 3 heteroatoms. The van der Waals surface area contributed by atoms with Gasteiger partial charge in [-0.3, -0.25) is 4.79 Å². The number of amides is 1. The molecule has 0 spiro atoms. The standard InChI is InChI=1S/C18H18ClNO/c1-13-7-9-15(10-8-13)18(14-5-3-2-4-6-14)20-12-16(19)11-17(20)21/h2-10,16,18H,11-12H2,1H3. The van der Waals surface area contributed by atoms with Crippen molar-refractivity contribution in [3.63, 3.8) is 0 Å². The molecule has 2 atom stereocenters. The number of nitrogens with zero attached hydrogens (tertiary/aromatic N) is 1. The second kappa shape index (κ2) is 5.90. The zero-order valence-electron chi connectivity index (χ0n) is 12.0. The van der Waals surface area contributed by atoms with Crippen LogP contribution in [0.1, 0.15) is 29.2 Å². The maximum absolute atomic E-state index is 12.3. The van der Waals surface area contributed by atoms with Crippen LogP contribution in [0.15, 0.2) is 54.6 Å². The van der Waals surface area contributed by atoms with Gasteiger partial charge in [-0.05, 0) is 18.1 Å². The topological polar surface area (TPSA) is 20.3 Å². The highest BCUT2D eigenvalue weighted by molar-refractivity contribution is 6.22. The van der Waals surface area contributed by atoms with Gasteiger partial charge in [-0.25, -0.2) is 0 Å². The van der Waals surface area contributed by atoms with Crippen molar-refractivity contribution in [2.24, 2.45) is 0 Å². The zero-order chi connectivity index (χ0) is 14.8. The van der Waals surface area contributed by atoms with Crippen LogP contribution in [-0.2, 0) is 4.79 Å². The van der Waals surface area contributed by atoms with Crippen molar-refractivity contribution in [2.75, 3.05) is 6.54 Å². The van der Waals surface area contributed by atoms with E-state index < -0.39 is 0 Å². The molecule has 0 aromatic heterocycles. The van der Waals surface area contributed by atoms with Gasteiger partial charge in [0, 0.05) is 13.0 Å². The first-order valence-electron chi connectivity index (χ1n) is 7.20. The third-order valence-electron chi connectivity index (χ3n) is 3.93. The molecular weight excluding hydrogens is 282 g/mol. The molecule has 1 heterocycles. The van der Waals surface area contributed by atoms with Gasteiger partial charge in [0.2, 0.25) is 5.91 Å². The molecule has 0 N–H and O–H groups in total. The largest absolute Gasteiger partial charge is 0.330 e. The van der Waals surface area contributed by atoms with E-state index >= 15 is 0 Å². The van der Waals surface area contributed by atoms with Gasteiger partial charge in [-0.15, -0.1) is 11.6 Å². The number of hydrogen-bond donors (Lipinski definition) is 0. The molecule has 1 amide bonds. The first-order valence-corrected chi connectivity index (χ1v) is 7.64. The van der Waals surface area contributed by atoms with E-state index in [-0.39, 0.29) is 17.3 Å². The summed E-state index contributed by atoms with van der Waals surface area (Å²) in [6.07, 6.45) is 0.427. The van der Waals surface area contributed by atoms with E-state index in [4.69, 9.17) is 11.6 Å². The van der Waals surface area contributed by atoms with E-state index in [2.05, 4.69) is 43.3 Å². The van der Waals surface area contributed by atoms with Gasteiger partial charge in [0.1, 0.15) is 0 Å². The molecule has 1 aliphatic rings. The molecule has 1 saturated heterocycles. The number of benzene rings is 2. The van der Waals surface area contributed by atoms with E-state index in [1.165, 1.54) is 5.56 Å². The smallest absolute Gasteiger partial charge is 0.224 e. The molecule has 2 unspecified atom stereocenters. The Balaban J connectivity index is 2.03. The van der Waals surface area contributed by atoms with Crippen molar-refractivity contribution in [3.05, 3.63) is 71.3 Å². The first kappa shape index (κ1) is 14.2. The molecule has 1 aliphatic heterocycles. The first-order chi connectivity index (χ1) is 10.1. The molecule has 0 bridgehead atoms. The lowest BCUT2D eigenvalue weighted by Gasteiger charge is -2.29. The molecule has 0 saturated carbocycles. The van der Waals surface area contributed by atoms with Crippen LogP contribution in [0.3, 0.4) is 0 Å². The van der Waals surface area contributed by atoms with Crippen molar-refractivity contribution < 1.29 is 4.79 Å². The van der Waals surface area contributed by atoms with Crippen LogP contribution in [0.4, 0.5) is 0 Å². The lowest BCUT2D eigenvalue weighted by Crippen LogP contribution is -2.31. The molecular formula is C18H18ClNO. The second-order valence-electron chi connectivity index (χ2n) is 5.57. The molecule has 3 rings (SSSR count). The summed E-state index contributed by atoms with van der Waals surface area (Å²) in [5, 5.41) is -0.0887. The molecule has 21 heavy (non-hydrogen) atoms. The van der Waals surface area contributed by atoms with Gasteiger partial charge in [0.05, 0.1) is 11.4 Å². The van der Waals surface area contributed by atoms with Crippen LogP contribution in [0, 0.1) is 6.92 Å². The fourth-order valence-electron chi connectivity index (χ4n) is 2.87. The maximum Gasteiger partial charge on any atom is 0.224 e. The SMILES string of the molecule is Cc1ccc(C(c2ccccc2)N2CC(Cl)CC2=O)cc1. The molecule has 108 valence electrons. The summed E-state index contributed by atoms with van der Waals surface area (Å²) in [4.78, 5) is 14.2. The number of halogens is 1. The number of aryl methyl sites for hydroxylation is 1. The lowest BCUT2D eigenvalue weighted by molar-refractivity contribution is -0.129. The second-order valence-corrected chi connectivity index (χ2v) is 6.19. The summed E-state index contributed by atoms with van der Waals surface area (Å²) < 4.78 is 0. The monoisotopic (exact) mass is 299 g/mol. The molecule has 2 aromatic carbocycles. The predicted molar refractivity (Wildman–Crippen MR) is 85.4 cm³/mol. The normalized spacial score (nSPS) is 19.8. The zero-order valence-corrected chi connectivity index (χ0v) is 12.8. The van der Waals surface area contributed by atoms with Gasteiger partial charge in [-0.1, -0.05) is 60.2 Å². The minimum absolute atomic E-state index is 0.0527. The number of alkyl halides is 1. The number of hydrogen-bond acceptors (Lipinski definition) is 1. The quantitative estimate of drug-likeness (QED) is 0.787. The van der Waals surface area contributed by atoms with Crippen molar-refractivity contribution in [3.8, 4) is 0 Å². The third-order valence-corrected chi connectivity index (χ3v) is 4.22. The summed E-state index contributed by atoms with van der Waals surface area (Å²) in [6, 6.07) is 18.5. The molecule has 2 nitrogen and oxygen atoms in total. The van der Waals surface area contributed by atoms with Gasteiger partial charge in [-0.2, -0.15) is 0 Å². The molecule has 0 radical (unpaired) electrons. The average Bonchev–Trinajstić information content (AvgIpc) is 2.81. The van der Waals surface area contributed by atoms with E-state index in [0.717, 1.165) is 11.1 Å². The van der Waals surface area contributed by atoms with Gasteiger partial charge >= 0.3 is 0 Å². The summed E-state index contributed by atoms with van der Waals surface area (Å²) in [6.45, 7) is 2.67. The van der Waals surface area contributed by atoms with Crippen LogP contribution in [0.5, 0.6) is 0 Å². The van der Waals surface area contributed by atoms with Crippen molar-refractivity contribution >= 4 is 17.5 Å². The highest BCUT2D eigenvalue weighted by Crippen LogP contribution is 2.33. The maximum atomic E-state index is 12.3. The third kappa shape index (κ3) is 2.96. The fourth-order valence-corrected chi connectivity index (χ4v) is 3.15. The fraction of sp³-hybridized carbons (Fsp3) is 0.278. The number of likely N-dealkylation sites (tertiary alicyclic amines) is 1. The Kier molecular flexibility index (Phi) is 3.98. The van der Waals surface area contributed by atoms with Crippen LogP contribution >= 0.6 is 11.6 Å². The molecule has 2 aromatic rings. The van der Waals surface area contributed by atoms with E-state index in [1.807, 2.05) is 23.1 Å². The van der Waals surface area contributed by atoms with Crippen LogP contribution in [0.2, 0.25) is 0 Å². The van der Waals surface area contributed by atoms with E-state index in [0.29, 0.717) is 13.0 Å². The number of rotatable bonds is 3. The highest BCUT2D eigenvalue weighted by Gasteiger charge is 2.34. The Morgan fingerprint density at radius 1 is 1.05 bits per heavy atom. The summed E-state index contributed by atoms with van der Waals surface area (Å²) in [7, 11) is 0. The van der Waals surface area contributed by atoms with Crippen molar-refractivity contribution in [2.45, 2.75) is 24.8 Å². The van der Waals surface area contributed by atoms with Gasteiger partial charge in [0.15, 0.2) is 0 Å². The molecule has 0 aliphatic carbocycles. The van der Waals surface area contributed by atoms with Crippen molar-refractivity contribution in [1.82, 2.24) is 4.90 Å². The Bertz CT molecular complexity index is 623. The summed E-state index contributed by atoms with van der Waals surface area (Å²) in [5.74, 6) is 0.129. The Morgan fingerprint density at radius 3 is 2.24 bits per heavy atom. The number of carbonyl (C=O) groups excluding carboxylic acids is 1. The Hall–Kier alpha value is -1.80. The minimum atomic E-state index is -0.0887. The van der Waals surface area contributed by atoms with E-state index in [1.54, 1.807) is 0 Å². The highest BCUT2D eigenvalue weighted by atomic mass is 35.5. The Morgan fingerprint density at radius 2 is 1.67 bits per heavy atom. The Labute approximate surface area is 130 Å². The summed E-state index contributed by atoms with van der Waals surface area (Å²) in [5.41, 5.74) is 3.47. The van der Waals surface area contributed by atoms with Crippen LogP contribution < -0.4 is 0 Å². The van der Waals surface area contributed by atoms with Crippen LogP contribution in [0.25, 0.3) is 0 Å². The van der Waals surface area contributed by atoms with Gasteiger partial charge in [0.25, 0.3) is 0 Å². The molecule has 1 fully saturated rings. The van der Waals surface area contributed by atoms with Crippen molar-refractivity contribution in [1.29, 1.82) is 0 Å². The average molecular weight is 300 g/mol. The minimum Gasteiger partial charge on any atom is -0.330 e. The van der Waals surface area contributed by atoms with Gasteiger partial charge < -0.3 is 4.90 Å². The lowest BCUT2D eigenvalue weighted by atomic mass is 9.96. The van der Waals surface area contributed by atoms with E-state index in [9.17, 15) is 4.79 Å². The number of carbonyl (C=O) groups is 1. The predicted octanol–water partition coefficient (Wildman–Crippen LogP) is 3.92. The van der Waals surface area contributed by atoms with Crippen LogP contribution in [-0.4, -0.2) is 22.7 Å².